The number of sulfone groups is 1. The first kappa shape index (κ1) is 14.8. The smallest absolute Gasteiger partial charge is 0.228 e. The minimum absolute atomic E-state index is 0.0420. The first-order valence-electron chi connectivity index (χ1n) is 5.22. The minimum Gasteiger partial charge on any atom is -0.324 e. The third kappa shape index (κ3) is 3.28. The molecule has 0 aliphatic heterocycles. The van der Waals surface area contributed by atoms with E-state index < -0.39 is 21.5 Å². The van der Waals surface area contributed by atoms with Crippen LogP contribution in [0.2, 0.25) is 0 Å². The Morgan fingerprint density at radius 1 is 1.25 bits per heavy atom. The summed E-state index contributed by atoms with van der Waals surface area (Å²) in [5.41, 5.74) is 0.200. The molecule has 1 aromatic carbocycles. The van der Waals surface area contributed by atoms with Gasteiger partial charge in [-0.3, -0.25) is 0 Å². The highest BCUT2D eigenvalue weighted by Gasteiger charge is 2.15. The Morgan fingerprint density at radius 2 is 1.95 bits per heavy atom. The number of rotatable bonds is 3. The van der Waals surface area contributed by atoms with Gasteiger partial charge in [0.15, 0.2) is 26.5 Å². The molecule has 0 aliphatic carbocycles. The summed E-state index contributed by atoms with van der Waals surface area (Å²) in [7, 11) is -3.54. The monoisotopic (exact) mass is 363 g/mol. The number of nitrogens with one attached hydrogen (secondary N) is 1. The van der Waals surface area contributed by atoms with Crippen molar-refractivity contribution in [1.82, 2.24) is 9.97 Å². The van der Waals surface area contributed by atoms with Gasteiger partial charge in [-0.25, -0.2) is 22.2 Å². The SMILES string of the molecule is CS(=O)(=O)c1nc(Nc2ccc(F)c(F)c2)ncc1Br. The van der Waals surface area contributed by atoms with Gasteiger partial charge in [-0.15, -0.1) is 0 Å². The highest BCUT2D eigenvalue weighted by atomic mass is 79.9. The van der Waals surface area contributed by atoms with Gasteiger partial charge in [-0.05, 0) is 28.1 Å². The van der Waals surface area contributed by atoms with Gasteiger partial charge >= 0.3 is 0 Å². The summed E-state index contributed by atoms with van der Waals surface area (Å²) in [6.45, 7) is 0. The topological polar surface area (TPSA) is 72.0 Å². The van der Waals surface area contributed by atoms with Crippen LogP contribution in [0.15, 0.2) is 33.9 Å². The standard InChI is InChI=1S/C11H8BrF2N3O2S/c1-20(18,19)10-7(12)5-15-11(17-10)16-6-2-3-8(13)9(14)4-6/h2-5H,1H3,(H,15,16,17). The van der Waals surface area contributed by atoms with E-state index in [0.29, 0.717) is 0 Å². The maximum absolute atomic E-state index is 13.1. The van der Waals surface area contributed by atoms with E-state index in [-0.39, 0.29) is 21.1 Å². The average molecular weight is 364 g/mol. The van der Waals surface area contributed by atoms with Crippen molar-refractivity contribution in [2.45, 2.75) is 5.03 Å². The Balaban J connectivity index is 2.37. The molecule has 2 aromatic rings. The zero-order chi connectivity index (χ0) is 14.9. The van der Waals surface area contributed by atoms with Crippen molar-refractivity contribution in [3.63, 3.8) is 0 Å². The van der Waals surface area contributed by atoms with Crippen LogP contribution in [0.1, 0.15) is 0 Å². The lowest BCUT2D eigenvalue weighted by atomic mass is 10.3. The van der Waals surface area contributed by atoms with Gasteiger partial charge in [-0.1, -0.05) is 0 Å². The van der Waals surface area contributed by atoms with Gasteiger partial charge in [0, 0.05) is 24.2 Å². The number of halogens is 3. The van der Waals surface area contributed by atoms with Gasteiger partial charge in [0.05, 0.1) is 4.47 Å². The summed E-state index contributed by atoms with van der Waals surface area (Å²) in [5.74, 6) is -2.06. The van der Waals surface area contributed by atoms with Crippen molar-refractivity contribution in [3.05, 3.63) is 40.5 Å². The molecule has 0 amide bonds. The lowest BCUT2D eigenvalue weighted by Gasteiger charge is -2.07. The number of aromatic nitrogens is 2. The van der Waals surface area contributed by atoms with Crippen LogP contribution >= 0.6 is 15.9 Å². The van der Waals surface area contributed by atoms with E-state index in [1.165, 1.54) is 12.3 Å². The highest BCUT2D eigenvalue weighted by Crippen LogP contribution is 2.22. The molecule has 20 heavy (non-hydrogen) atoms. The fraction of sp³-hybridized carbons (Fsp3) is 0.0909. The van der Waals surface area contributed by atoms with E-state index in [0.717, 1.165) is 18.4 Å². The fourth-order valence-corrected chi connectivity index (χ4v) is 3.11. The molecule has 1 N–H and O–H groups in total. The van der Waals surface area contributed by atoms with E-state index in [4.69, 9.17) is 0 Å². The van der Waals surface area contributed by atoms with E-state index in [1.807, 2.05) is 0 Å². The molecule has 0 aliphatic rings. The molecule has 1 heterocycles. The summed E-state index contributed by atoms with van der Waals surface area (Å²) in [4.78, 5) is 7.67. The first-order valence-corrected chi connectivity index (χ1v) is 7.90. The molecule has 5 nitrogen and oxygen atoms in total. The maximum atomic E-state index is 13.1. The molecule has 0 bridgehead atoms. The quantitative estimate of drug-likeness (QED) is 0.848. The van der Waals surface area contributed by atoms with Crippen LogP contribution in [0.5, 0.6) is 0 Å². The Bertz CT molecular complexity index is 768. The molecular weight excluding hydrogens is 356 g/mol. The number of anilines is 2. The molecule has 106 valence electrons. The van der Waals surface area contributed by atoms with Crippen molar-refractivity contribution in [3.8, 4) is 0 Å². The molecule has 2 rings (SSSR count). The zero-order valence-electron chi connectivity index (χ0n) is 10.1. The van der Waals surface area contributed by atoms with Crippen LogP contribution in [0.25, 0.3) is 0 Å². The third-order valence-corrected chi connectivity index (χ3v) is 4.10. The number of nitrogens with zero attached hydrogens (tertiary/aromatic N) is 2. The summed E-state index contributed by atoms with van der Waals surface area (Å²) >= 11 is 3.03. The number of hydrogen-bond acceptors (Lipinski definition) is 5. The van der Waals surface area contributed by atoms with Gasteiger partial charge in [0.1, 0.15) is 0 Å². The van der Waals surface area contributed by atoms with Crippen LogP contribution in [0.4, 0.5) is 20.4 Å². The second kappa shape index (κ2) is 5.41. The Hall–Kier alpha value is -1.61. The van der Waals surface area contributed by atoms with Crippen LogP contribution < -0.4 is 5.32 Å². The Kier molecular flexibility index (Phi) is 4.00. The van der Waals surface area contributed by atoms with Gasteiger partial charge in [0.2, 0.25) is 5.95 Å². The molecule has 0 spiro atoms. The normalized spacial score (nSPS) is 11.4. The van der Waals surface area contributed by atoms with Crippen molar-refractivity contribution in [2.24, 2.45) is 0 Å². The van der Waals surface area contributed by atoms with Crippen LogP contribution in [0, 0.1) is 11.6 Å². The first-order chi connectivity index (χ1) is 9.27. The summed E-state index contributed by atoms with van der Waals surface area (Å²) < 4.78 is 49.1. The van der Waals surface area contributed by atoms with Crippen molar-refractivity contribution < 1.29 is 17.2 Å². The summed E-state index contributed by atoms with van der Waals surface area (Å²) in [5, 5.41) is 2.40. The average Bonchev–Trinajstić information content (AvgIpc) is 2.35. The predicted molar refractivity (Wildman–Crippen MR) is 72.5 cm³/mol. The number of benzene rings is 1. The lowest BCUT2D eigenvalue weighted by molar-refractivity contribution is 0.509. The second-order valence-corrected chi connectivity index (χ2v) is 6.66. The molecule has 9 heteroatoms. The molecule has 0 saturated heterocycles. The predicted octanol–water partition coefficient (Wildman–Crippen LogP) is 2.66. The largest absolute Gasteiger partial charge is 0.324 e. The van der Waals surface area contributed by atoms with Crippen LogP contribution in [-0.2, 0) is 9.84 Å². The lowest BCUT2D eigenvalue weighted by Crippen LogP contribution is -2.06. The van der Waals surface area contributed by atoms with Crippen molar-refractivity contribution in [1.29, 1.82) is 0 Å². The molecule has 0 fully saturated rings. The van der Waals surface area contributed by atoms with Gasteiger partial charge in [0.25, 0.3) is 0 Å². The van der Waals surface area contributed by atoms with Crippen LogP contribution in [0.3, 0.4) is 0 Å². The van der Waals surface area contributed by atoms with E-state index in [2.05, 4.69) is 31.2 Å². The molecule has 0 atom stereocenters. The Labute approximate surface area is 122 Å². The van der Waals surface area contributed by atoms with E-state index in [1.54, 1.807) is 0 Å². The maximum Gasteiger partial charge on any atom is 0.228 e. The molecule has 1 aromatic heterocycles. The zero-order valence-corrected chi connectivity index (χ0v) is 12.5. The molecule has 0 radical (unpaired) electrons. The molecule has 0 unspecified atom stereocenters. The molecular formula is C11H8BrF2N3O2S. The van der Waals surface area contributed by atoms with Crippen LogP contribution in [-0.4, -0.2) is 24.6 Å². The van der Waals surface area contributed by atoms with Gasteiger partial charge < -0.3 is 5.32 Å². The summed E-state index contributed by atoms with van der Waals surface area (Å²) in [6, 6.07) is 3.14. The third-order valence-electron chi connectivity index (χ3n) is 2.24. The fourth-order valence-electron chi connectivity index (χ4n) is 1.37. The number of hydrogen-bond donors (Lipinski definition) is 1. The van der Waals surface area contributed by atoms with E-state index >= 15 is 0 Å². The highest BCUT2D eigenvalue weighted by molar-refractivity contribution is 9.10. The van der Waals surface area contributed by atoms with Crippen molar-refractivity contribution >= 4 is 37.4 Å². The van der Waals surface area contributed by atoms with Gasteiger partial charge in [-0.2, -0.15) is 4.98 Å². The van der Waals surface area contributed by atoms with Crippen molar-refractivity contribution in [2.75, 3.05) is 11.6 Å². The minimum atomic E-state index is -3.54. The molecule has 0 saturated carbocycles. The Morgan fingerprint density at radius 3 is 2.55 bits per heavy atom. The second-order valence-electron chi connectivity index (χ2n) is 3.87. The summed E-state index contributed by atoms with van der Waals surface area (Å²) in [6.07, 6.45) is 2.26. The van der Waals surface area contributed by atoms with E-state index in [9.17, 15) is 17.2 Å².